The number of H-pyrrole nitrogens is 1. The molecule has 9 nitrogen and oxygen atoms in total. The van der Waals surface area contributed by atoms with Crippen LogP contribution >= 0.6 is 0 Å². The minimum atomic E-state index is -0.891. The van der Waals surface area contributed by atoms with Crippen molar-refractivity contribution in [3.8, 4) is 11.5 Å². The van der Waals surface area contributed by atoms with E-state index in [4.69, 9.17) is 15.2 Å². The number of nitrogen functional groups attached to an aromatic ring is 1. The highest BCUT2D eigenvalue weighted by atomic mass is 16.5. The number of para-hydroxylation sites is 2. The number of anilines is 1. The molecule has 4 N–H and O–H groups in total. The third-order valence-corrected chi connectivity index (χ3v) is 6.98. The van der Waals surface area contributed by atoms with Crippen molar-refractivity contribution in [2.24, 2.45) is 5.92 Å². The molecule has 1 aliphatic heterocycles. The quantitative estimate of drug-likeness (QED) is 0.290. The van der Waals surface area contributed by atoms with Crippen molar-refractivity contribution < 1.29 is 14.6 Å². The van der Waals surface area contributed by atoms with Gasteiger partial charge in [0.15, 0.2) is 16.8 Å². The van der Waals surface area contributed by atoms with Crippen molar-refractivity contribution in [1.82, 2.24) is 19.5 Å². The molecule has 0 saturated heterocycles. The molecular weight excluding hydrogens is 482 g/mol. The van der Waals surface area contributed by atoms with E-state index < -0.39 is 11.2 Å². The number of aliphatic hydroxyl groups is 1. The Morgan fingerprint density at radius 2 is 1.66 bits per heavy atom. The summed E-state index contributed by atoms with van der Waals surface area (Å²) in [6.45, 7) is 0.683. The third-order valence-electron chi connectivity index (χ3n) is 6.98. The van der Waals surface area contributed by atoms with Gasteiger partial charge in [-0.25, -0.2) is 4.98 Å². The molecule has 0 spiro atoms. The van der Waals surface area contributed by atoms with E-state index >= 15 is 0 Å². The molecule has 38 heavy (non-hydrogen) atoms. The highest BCUT2D eigenvalue weighted by Crippen LogP contribution is 2.52. The standard InChI is InChI=1S/C29H27N5O4/c30-28-32-26-25(27(36)33-28)31-18-34(26)16-19(17-35)14-15-37-29(20-8-2-1-3-9-20)21-10-4-6-12-23(21)38-24-13-7-5-11-22(24)29/h1-13,18-19,35H,14-17H2,(H3,30,32,33,36). The molecule has 6 rings (SSSR count). The third kappa shape index (κ3) is 4.02. The first-order valence-corrected chi connectivity index (χ1v) is 12.5. The molecule has 0 saturated carbocycles. The van der Waals surface area contributed by atoms with Gasteiger partial charge in [0.05, 0.1) is 6.33 Å². The van der Waals surface area contributed by atoms with Gasteiger partial charge in [0.25, 0.3) is 5.56 Å². The van der Waals surface area contributed by atoms with Crippen molar-refractivity contribution >= 4 is 17.1 Å². The first kappa shape index (κ1) is 23.9. The number of nitrogens with two attached hydrogens (primary N) is 1. The highest BCUT2D eigenvalue weighted by Gasteiger charge is 2.44. The molecular formula is C29H27N5O4. The summed E-state index contributed by atoms with van der Waals surface area (Å²) in [4.78, 5) is 23.0. The van der Waals surface area contributed by atoms with Gasteiger partial charge in [-0.3, -0.25) is 9.78 Å². The Morgan fingerprint density at radius 1 is 1.00 bits per heavy atom. The van der Waals surface area contributed by atoms with Crippen LogP contribution in [0.15, 0.2) is 90.0 Å². The van der Waals surface area contributed by atoms with Crippen molar-refractivity contribution in [3.05, 3.63) is 112 Å². The number of aromatic nitrogens is 4. The Morgan fingerprint density at radius 3 is 2.34 bits per heavy atom. The fourth-order valence-electron chi connectivity index (χ4n) is 5.18. The van der Waals surface area contributed by atoms with Crippen molar-refractivity contribution in [2.45, 2.75) is 18.6 Å². The van der Waals surface area contributed by atoms with E-state index in [0.29, 0.717) is 25.2 Å². The van der Waals surface area contributed by atoms with Crippen LogP contribution in [-0.2, 0) is 16.9 Å². The molecule has 2 aromatic heterocycles. The lowest BCUT2D eigenvalue weighted by atomic mass is 9.77. The van der Waals surface area contributed by atoms with Crippen molar-refractivity contribution in [3.63, 3.8) is 0 Å². The van der Waals surface area contributed by atoms with Crippen LogP contribution in [0.4, 0.5) is 5.95 Å². The number of rotatable bonds is 8. The molecule has 192 valence electrons. The van der Waals surface area contributed by atoms with Crippen LogP contribution in [-0.4, -0.2) is 37.8 Å². The van der Waals surface area contributed by atoms with Gasteiger partial charge in [-0.1, -0.05) is 66.7 Å². The van der Waals surface area contributed by atoms with E-state index in [1.807, 2.05) is 66.7 Å². The first-order chi connectivity index (χ1) is 18.6. The van der Waals surface area contributed by atoms with Gasteiger partial charge in [0, 0.05) is 36.8 Å². The van der Waals surface area contributed by atoms with E-state index in [-0.39, 0.29) is 24.0 Å². The molecule has 1 aliphatic rings. The average Bonchev–Trinajstić information content (AvgIpc) is 3.35. The first-order valence-electron chi connectivity index (χ1n) is 12.5. The summed E-state index contributed by atoms with van der Waals surface area (Å²) in [6, 6.07) is 26.0. The summed E-state index contributed by atoms with van der Waals surface area (Å²) in [5, 5.41) is 10.2. The molecule has 0 amide bonds. The number of aromatic amines is 1. The zero-order valence-electron chi connectivity index (χ0n) is 20.6. The fourth-order valence-corrected chi connectivity index (χ4v) is 5.18. The Kier molecular flexibility index (Phi) is 6.15. The Bertz CT molecular complexity index is 1600. The molecule has 9 heteroatoms. The summed E-state index contributed by atoms with van der Waals surface area (Å²) in [5.74, 6) is 1.34. The van der Waals surface area contributed by atoms with Gasteiger partial charge in [-0.15, -0.1) is 0 Å². The van der Waals surface area contributed by atoms with Gasteiger partial charge < -0.3 is 24.9 Å². The maximum absolute atomic E-state index is 12.2. The number of benzene rings is 3. The number of nitrogens with zero attached hydrogens (tertiary/aromatic N) is 3. The molecule has 0 radical (unpaired) electrons. The van der Waals surface area contributed by atoms with Crippen LogP contribution < -0.4 is 16.0 Å². The maximum atomic E-state index is 12.2. The molecule has 3 aromatic carbocycles. The van der Waals surface area contributed by atoms with Crippen LogP contribution in [0.1, 0.15) is 23.1 Å². The molecule has 3 heterocycles. The van der Waals surface area contributed by atoms with Crippen LogP contribution in [0.3, 0.4) is 0 Å². The Hall–Kier alpha value is -4.47. The minimum Gasteiger partial charge on any atom is -0.457 e. The number of fused-ring (bicyclic) bond motifs is 3. The summed E-state index contributed by atoms with van der Waals surface area (Å²) < 4.78 is 14.9. The van der Waals surface area contributed by atoms with Crippen LogP contribution in [0, 0.1) is 5.92 Å². The molecule has 0 fully saturated rings. The number of ether oxygens (including phenoxy) is 2. The smallest absolute Gasteiger partial charge is 0.280 e. The van der Waals surface area contributed by atoms with Crippen LogP contribution in [0.2, 0.25) is 0 Å². The van der Waals surface area contributed by atoms with E-state index in [2.05, 4.69) is 27.1 Å². The van der Waals surface area contributed by atoms with E-state index in [1.54, 1.807) is 10.9 Å². The lowest BCUT2D eigenvalue weighted by Crippen LogP contribution is -2.36. The average molecular weight is 510 g/mol. The Balaban J connectivity index is 1.33. The molecule has 1 unspecified atom stereocenters. The lowest BCUT2D eigenvalue weighted by Gasteiger charge is -2.40. The van der Waals surface area contributed by atoms with Crippen LogP contribution in [0.5, 0.6) is 11.5 Å². The predicted molar refractivity (Wildman–Crippen MR) is 143 cm³/mol. The lowest BCUT2D eigenvalue weighted by molar-refractivity contribution is -0.00470. The molecule has 0 aliphatic carbocycles. The summed E-state index contributed by atoms with van der Waals surface area (Å²) in [5.41, 5.74) is 7.89. The normalized spacial score (nSPS) is 14.4. The molecule has 5 aromatic rings. The SMILES string of the molecule is Nc1nc2c(ncn2CC(CO)CCOC2(c3ccccc3)c3ccccc3Oc3ccccc32)c(=O)[nH]1. The number of aliphatic hydroxyl groups excluding tert-OH is 1. The number of imidazole rings is 1. The minimum absolute atomic E-state index is 0.0229. The van der Waals surface area contributed by atoms with E-state index in [1.165, 1.54) is 0 Å². The fraction of sp³-hybridized carbons (Fsp3) is 0.207. The topological polar surface area (TPSA) is 128 Å². The summed E-state index contributed by atoms with van der Waals surface area (Å²) in [7, 11) is 0. The van der Waals surface area contributed by atoms with Crippen molar-refractivity contribution in [2.75, 3.05) is 18.9 Å². The summed E-state index contributed by atoms with van der Waals surface area (Å²) in [6.07, 6.45) is 2.10. The molecule has 0 bridgehead atoms. The van der Waals surface area contributed by atoms with Gasteiger partial charge in [-0.2, -0.15) is 4.98 Å². The van der Waals surface area contributed by atoms with E-state index in [9.17, 15) is 9.90 Å². The monoisotopic (exact) mass is 509 g/mol. The van der Waals surface area contributed by atoms with Gasteiger partial charge >= 0.3 is 0 Å². The van der Waals surface area contributed by atoms with Gasteiger partial charge in [0.1, 0.15) is 11.5 Å². The number of hydrogen-bond donors (Lipinski definition) is 3. The van der Waals surface area contributed by atoms with Crippen LogP contribution in [0.25, 0.3) is 11.2 Å². The number of nitrogens with one attached hydrogen (secondary N) is 1. The number of hydrogen-bond acceptors (Lipinski definition) is 7. The second kappa shape index (κ2) is 9.77. The largest absolute Gasteiger partial charge is 0.457 e. The van der Waals surface area contributed by atoms with Crippen molar-refractivity contribution in [1.29, 1.82) is 0 Å². The molecule has 1 atom stereocenters. The van der Waals surface area contributed by atoms with E-state index in [0.717, 1.165) is 28.2 Å². The second-order valence-electron chi connectivity index (χ2n) is 9.35. The van der Waals surface area contributed by atoms with Gasteiger partial charge in [0.2, 0.25) is 5.95 Å². The Labute approximate surface area is 218 Å². The zero-order valence-corrected chi connectivity index (χ0v) is 20.6. The predicted octanol–water partition coefficient (Wildman–Crippen LogP) is 3.81. The maximum Gasteiger partial charge on any atom is 0.280 e. The highest BCUT2D eigenvalue weighted by molar-refractivity contribution is 5.70. The second-order valence-corrected chi connectivity index (χ2v) is 9.35. The summed E-state index contributed by atoms with van der Waals surface area (Å²) >= 11 is 0. The van der Waals surface area contributed by atoms with Gasteiger partial charge in [-0.05, 0) is 24.1 Å². The zero-order chi connectivity index (χ0) is 26.1.